The van der Waals surface area contributed by atoms with Crippen LogP contribution in [0.1, 0.15) is 20.8 Å². The molecule has 12 heavy (non-hydrogen) atoms. The van der Waals surface area contributed by atoms with E-state index in [2.05, 4.69) is 25.3 Å². The van der Waals surface area contributed by atoms with Crippen molar-refractivity contribution < 1.29 is 19.0 Å². The quantitative estimate of drug-likeness (QED) is 0.513. The van der Waals surface area contributed by atoms with E-state index < -0.39 is 8.60 Å². The molecule has 0 aromatic heterocycles. The fourth-order valence-electron chi connectivity index (χ4n) is 0.556. The Morgan fingerprint density at radius 3 is 2.17 bits per heavy atom. The van der Waals surface area contributed by atoms with E-state index in [4.69, 9.17) is 14.5 Å². The van der Waals surface area contributed by atoms with E-state index in [1.807, 2.05) is 0 Å². The molecule has 0 aliphatic carbocycles. The van der Waals surface area contributed by atoms with Gasteiger partial charge in [0.2, 0.25) is 0 Å². The van der Waals surface area contributed by atoms with Gasteiger partial charge in [-0.05, 0) is 5.41 Å². The van der Waals surface area contributed by atoms with Crippen LogP contribution in [0.2, 0.25) is 0 Å². The van der Waals surface area contributed by atoms with Gasteiger partial charge >= 0.3 is 8.60 Å². The number of rotatable bonds is 5. The Balaban J connectivity index is 3.12. The highest BCUT2D eigenvalue weighted by atomic mass is 31.2. The lowest BCUT2D eigenvalue weighted by Crippen LogP contribution is -2.16. The van der Waals surface area contributed by atoms with Crippen LogP contribution in [0.25, 0.3) is 0 Å². The maximum Gasteiger partial charge on any atom is 0.327 e. The average Bonchev–Trinajstić information content (AvgIpc) is 1.83. The molecule has 0 saturated heterocycles. The molecule has 0 rings (SSSR count). The van der Waals surface area contributed by atoms with Crippen LogP contribution in [-0.2, 0) is 9.26 Å². The molecule has 0 aromatic carbocycles. The van der Waals surface area contributed by atoms with Crippen molar-refractivity contribution in [3.8, 4) is 0 Å². The minimum atomic E-state index is -2.23. The molecule has 5 heteroatoms. The van der Waals surface area contributed by atoms with Crippen LogP contribution in [0.5, 0.6) is 0 Å². The average molecular weight is 196 g/mol. The SMILES string of the molecule is CC(C)(C)COCCOP(O)O. The van der Waals surface area contributed by atoms with E-state index in [9.17, 15) is 0 Å². The van der Waals surface area contributed by atoms with Gasteiger partial charge in [0.1, 0.15) is 0 Å². The molecule has 0 bridgehead atoms. The molecule has 0 aliphatic rings. The summed E-state index contributed by atoms with van der Waals surface area (Å²) in [4.78, 5) is 16.7. The second-order valence-corrected chi connectivity index (χ2v) is 4.46. The maximum atomic E-state index is 8.35. The van der Waals surface area contributed by atoms with E-state index in [-0.39, 0.29) is 12.0 Å². The first kappa shape index (κ1) is 12.3. The van der Waals surface area contributed by atoms with Gasteiger partial charge in [0.05, 0.1) is 19.8 Å². The second kappa shape index (κ2) is 5.84. The Hall–Kier alpha value is 0.270. The molecule has 74 valence electrons. The summed E-state index contributed by atoms with van der Waals surface area (Å²) in [6.07, 6.45) is 0. The van der Waals surface area contributed by atoms with Gasteiger partial charge in [-0.2, -0.15) is 0 Å². The summed E-state index contributed by atoms with van der Waals surface area (Å²) in [5, 5.41) is 0. The van der Waals surface area contributed by atoms with Gasteiger partial charge in [-0.15, -0.1) is 0 Å². The number of hydrogen-bond acceptors (Lipinski definition) is 4. The molecule has 0 aromatic rings. The third-order valence-electron chi connectivity index (χ3n) is 0.970. The van der Waals surface area contributed by atoms with Crippen LogP contribution >= 0.6 is 8.60 Å². The van der Waals surface area contributed by atoms with Crippen LogP contribution in [0.4, 0.5) is 0 Å². The highest BCUT2D eigenvalue weighted by molar-refractivity contribution is 7.39. The van der Waals surface area contributed by atoms with Crippen molar-refractivity contribution in [2.24, 2.45) is 5.41 Å². The predicted octanol–water partition coefficient (Wildman–Crippen LogP) is 1.28. The summed E-state index contributed by atoms with van der Waals surface area (Å²) < 4.78 is 9.72. The van der Waals surface area contributed by atoms with E-state index in [0.29, 0.717) is 13.2 Å². The molecule has 0 amide bonds. The molecule has 4 nitrogen and oxygen atoms in total. The summed E-state index contributed by atoms with van der Waals surface area (Å²) in [6.45, 7) is 7.48. The van der Waals surface area contributed by atoms with Gasteiger partial charge < -0.3 is 19.0 Å². The Bertz CT molecular complexity index is 110. The van der Waals surface area contributed by atoms with Crippen LogP contribution in [0, 0.1) is 5.41 Å². The molecule has 0 fully saturated rings. The van der Waals surface area contributed by atoms with Crippen LogP contribution in [0.3, 0.4) is 0 Å². The van der Waals surface area contributed by atoms with Gasteiger partial charge in [-0.25, -0.2) is 0 Å². The summed E-state index contributed by atoms with van der Waals surface area (Å²) in [5.41, 5.74) is 0.142. The molecule has 0 atom stereocenters. The van der Waals surface area contributed by atoms with E-state index >= 15 is 0 Å². The van der Waals surface area contributed by atoms with Gasteiger partial charge in [0, 0.05) is 0 Å². The Labute approximate surface area is 74.5 Å². The summed E-state index contributed by atoms with van der Waals surface area (Å²) in [7, 11) is -2.23. The minimum Gasteiger partial charge on any atom is -0.378 e. The van der Waals surface area contributed by atoms with Crippen molar-refractivity contribution in [3.63, 3.8) is 0 Å². The normalized spacial score (nSPS) is 12.5. The zero-order chi connectivity index (χ0) is 9.61. The molecular formula is C7H17O4P. The molecular weight excluding hydrogens is 179 g/mol. The third kappa shape index (κ3) is 10.3. The Morgan fingerprint density at radius 2 is 1.75 bits per heavy atom. The summed E-state index contributed by atoms with van der Waals surface area (Å²) in [5.74, 6) is 0. The molecule has 0 spiro atoms. The first-order chi connectivity index (χ1) is 5.42. The number of hydrogen-bond donors (Lipinski definition) is 2. The molecule has 0 radical (unpaired) electrons. The fourth-order valence-corrected chi connectivity index (χ4v) is 0.794. The highest BCUT2D eigenvalue weighted by Crippen LogP contribution is 2.23. The lowest BCUT2D eigenvalue weighted by Gasteiger charge is -2.17. The largest absolute Gasteiger partial charge is 0.378 e. The van der Waals surface area contributed by atoms with Gasteiger partial charge in [-0.3, -0.25) is 0 Å². The van der Waals surface area contributed by atoms with Crippen LogP contribution in [0.15, 0.2) is 0 Å². The zero-order valence-corrected chi connectivity index (χ0v) is 8.67. The van der Waals surface area contributed by atoms with Crippen LogP contribution in [-0.4, -0.2) is 29.6 Å². The fraction of sp³-hybridized carbons (Fsp3) is 1.00. The van der Waals surface area contributed by atoms with Gasteiger partial charge in [-0.1, -0.05) is 20.8 Å². The zero-order valence-electron chi connectivity index (χ0n) is 7.78. The van der Waals surface area contributed by atoms with Crippen molar-refractivity contribution >= 4 is 8.60 Å². The van der Waals surface area contributed by atoms with Crippen molar-refractivity contribution in [2.45, 2.75) is 20.8 Å². The first-order valence-corrected chi connectivity index (χ1v) is 4.97. The Kier molecular flexibility index (Phi) is 5.97. The lowest BCUT2D eigenvalue weighted by atomic mass is 9.99. The monoisotopic (exact) mass is 196 g/mol. The summed E-state index contributed by atoms with van der Waals surface area (Å²) in [6, 6.07) is 0. The molecule has 0 heterocycles. The van der Waals surface area contributed by atoms with E-state index in [1.165, 1.54) is 0 Å². The van der Waals surface area contributed by atoms with Gasteiger partial charge in [0.15, 0.2) is 0 Å². The molecule has 0 unspecified atom stereocenters. The summed E-state index contributed by atoms with van der Waals surface area (Å²) >= 11 is 0. The highest BCUT2D eigenvalue weighted by Gasteiger charge is 2.09. The molecule has 0 aliphatic heterocycles. The van der Waals surface area contributed by atoms with Gasteiger partial charge in [0.25, 0.3) is 0 Å². The first-order valence-electron chi connectivity index (χ1n) is 3.80. The topological polar surface area (TPSA) is 58.9 Å². The molecule has 0 saturated carbocycles. The maximum absolute atomic E-state index is 8.35. The third-order valence-corrected chi connectivity index (χ3v) is 1.38. The van der Waals surface area contributed by atoms with E-state index in [0.717, 1.165) is 0 Å². The Morgan fingerprint density at radius 1 is 1.17 bits per heavy atom. The number of ether oxygens (including phenoxy) is 1. The second-order valence-electron chi connectivity index (χ2n) is 3.70. The molecule has 2 N–H and O–H groups in total. The van der Waals surface area contributed by atoms with E-state index in [1.54, 1.807) is 0 Å². The van der Waals surface area contributed by atoms with Crippen molar-refractivity contribution in [2.75, 3.05) is 19.8 Å². The standard InChI is InChI=1S/C7H17O4P/c1-7(2,3)6-10-4-5-11-12(8)9/h8-9H,4-6H2,1-3H3. The minimum absolute atomic E-state index is 0.142. The smallest absolute Gasteiger partial charge is 0.327 e. The van der Waals surface area contributed by atoms with Crippen molar-refractivity contribution in [1.29, 1.82) is 0 Å². The lowest BCUT2D eigenvalue weighted by molar-refractivity contribution is 0.0489. The van der Waals surface area contributed by atoms with Crippen molar-refractivity contribution in [3.05, 3.63) is 0 Å². The van der Waals surface area contributed by atoms with Crippen molar-refractivity contribution in [1.82, 2.24) is 0 Å². The predicted molar refractivity (Wildman–Crippen MR) is 47.6 cm³/mol. The van der Waals surface area contributed by atoms with Crippen LogP contribution < -0.4 is 0 Å².